The van der Waals surface area contributed by atoms with Crippen LogP contribution in [0.15, 0.2) is 23.1 Å². The summed E-state index contributed by atoms with van der Waals surface area (Å²) < 4.78 is 39.8. The molecule has 1 saturated carbocycles. The van der Waals surface area contributed by atoms with Crippen LogP contribution in [-0.4, -0.2) is 32.9 Å². The Morgan fingerprint density at radius 1 is 1.42 bits per heavy atom. The van der Waals surface area contributed by atoms with Gasteiger partial charge in [-0.05, 0) is 37.6 Å². The molecule has 1 aliphatic rings. The second kappa shape index (κ2) is 5.56. The Labute approximate surface area is 113 Å². The summed E-state index contributed by atoms with van der Waals surface area (Å²) in [6, 6.07) is 3.97. The molecule has 6 heteroatoms. The van der Waals surface area contributed by atoms with Gasteiger partial charge in [-0.25, -0.2) is 12.8 Å². The maximum Gasteiger partial charge on any atom is 0.243 e. The van der Waals surface area contributed by atoms with Crippen molar-refractivity contribution in [1.29, 1.82) is 0 Å². The molecule has 0 unspecified atom stereocenters. The molecule has 0 amide bonds. The van der Waals surface area contributed by atoms with Crippen molar-refractivity contribution in [3.63, 3.8) is 0 Å². The molecule has 1 fully saturated rings. The quantitative estimate of drug-likeness (QED) is 0.896. The van der Waals surface area contributed by atoms with Crippen LogP contribution >= 0.6 is 0 Å². The third-order valence-corrected chi connectivity index (χ3v) is 5.63. The minimum absolute atomic E-state index is 0.0516. The second-order valence-electron chi connectivity index (χ2n) is 4.89. The molecular formula is C13H19FN2O2S. The van der Waals surface area contributed by atoms with Crippen molar-refractivity contribution in [2.24, 2.45) is 0 Å². The predicted octanol–water partition coefficient (Wildman–Crippen LogP) is 1.72. The van der Waals surface area contributed by atoms with Gasteiger partial charge in [-0.2, -0.15) is 4.31 Å². The van der Waals surface area contributed by atoms with E-state index in [1.807, 2.05) is 0 Å². The Bertz CT molecular complexity index is 556. The number of hydrogen-bond donors (Lipinski definition) is 1. The molecule has 1 aromatic rings. The number of rotatable bonds is 5. The van der Waals surface area contributed by atoms with Crippen molar-refractivity contribution in [3.05, 3.63) is 29.6 Å². The number of nitrogens with zero attached hydrogens (tertiary/aromatic N) is 1. The summed E-state index contributed by atoms with van der Waals surface area (Å²) in [5.41, 5.74) is 0.593. The number of hydrogen-bond acceptors (Lipinski definition) is 3. The lowest BCUT2D eigenvalue weighted by Crippen LogP contribution is -2.41. The van der Waals surface area contributed by atoms with Crippen molar-refractivity contribution < 1.29 is 12.8 Å². The Kier molecular flexibility index (Phi) is 4.23. The summed E-state index contributed by atoms with van der Waals surface area (Å²) in [5, 5.41) is 2.91. The molecule has 0 bridgehead atoms. The molecule has 1 aliphatic carbocycles. The predicted molar refractivity (Wildman–Crippen MR) is 71.8 cm³/mol. The Balaban J connectivity index is 2.40. The van der Waals surface area contributed by atoms with Gasteiger partial charge in [-0.3, -0.25) is 0 Å². The molecule has 4 nitrogen and oxygen atoms in total. The van der Waals surface area contributed by atoms with Gasteiger partial charge in [-0.15, -0.1) is 0 Å². The molecule has 2 rings (SSSR count). The minimum Gasteiger partial charge on any atom is -0.316 e. The van der Waals surface area contributed by atoms with Gasteiger partial charge in [0.2, 0.25) is 10.0 Å². The maximum absolute atomic E-state index is 13.4. The molecule has 0 aliphatic heterocycles. The van der Waals surface area contributed by atoms with Crippen molar-refractivity contribution in [2.45, 2.75) is 36.7 Å². The van der Waals surface area contributed by atoms with Crippen molar-refractivity contribution in [1.82, 2.24) is 9.62 Å². The van der Waals surface area contributed by atoms with Crippen LogP contribution in [0.5, 0.6) is 0 Å². The minimum atomic E-state index is -3.62. The molecule has 0 heterocycles. The molecule has 0 atom stereocenters. The van der Waals surface area contributed by atoms with Gasteiger partial charge in [0.05, 0.1) is 4.90 Å². The molecule has 1 N–H and O–H groups in total. The molecule has 0 saturated heterocycles. The van der Waals surface area contributed by atoms with E-state index in [9.17, 15) is 12.8 Å². The highest BCUT2D eigenvalue weighted by Gasteiger charge is 2.33. The van der Waals surface area contributed by atoms with E-state index < -0.39 is 15.8 Å². The summed E-state index contributed by atoms with van der Waals surface area (Å²) >= 11 is 0. The van der Waals surface area contributed by atoms with E-state index in [-0.39, 0.29) is 10.9 Å². The summed E-state index contributed by atoms with van der Waals surface area (Å²) in [6.45, 7) is 0.396. The van der Waals surface area contributed by atoms with Gasteiger partial charge < -0.3 is 5.32 Å². The SMILES string of the molecule is CNCc1ccc(F)cc1S(=O)(=O)N(C)C1CCC1. The molecular weight excluding hydrogens is 267 g/mol. The summed E-state index contributed by atoms with van der Waals surface area (Å²) in [6.07, 6.45) is 2.82. The van der Waals surface area contributed by atoms with Crippen LogP contribution in [0.25, 0.3) is 0 Å². The van der Waals surface area contributed by atoms with Gasteiger partial charge in [0.25, 0.3) is 0 Å². The van der Waals surface area contributed by atoms with Crippen LogP contribution in [0.1, 0.15) is 24.8 Å². The monoisotopic (exact) mass is 286 g/mol. The average Bonchev–Trinajstić information content (AvgIpc) is 2.29. The van der Waals surface area contributed by atoms with Crippen LogP contribution in [0.4, 0.5) is 4.39 Å². The fraction of sp³-hybridized carbons (Fsp3) is 0.538. The zero-order valence-electron chi connectivity index (χ0n) is 11.2. The lowest BCUT2D eigenvalue weighted by molar-refractivity contribution is 0.249. The topological polar surface area (TPSA) is 49.4 Å². The first kappa shape index (κ1) is 14.4. The highest BCUT2D eigenvalue weighted by atomic mass is 32.2. The molecule has 19 heavy (non-hydrogen) atoms. The first-order chi connectivity index (χ1) is 8.96. The van der Waals surface area contributed by atoms with E-state index in [4.69, 9.17) is 0 Å². The Morgan fingerprint density at radius 3 is 2.63 bits per heavy atom. The van der Waals surface area contributed by atoms with Crippen LogP contribution in [-0.2, 0) is 16.6 Å². The maximum atomic E-state index is 13.4. The fourth-order valence-corrected chi connectivity index (χ4v) is 3.85. The molecule has 106 valence electrons. The molecule has 0 aromatic heterocycles. The van der Waals surface area contributed by atoms with Crippen molar-refractivity contribution >= 4 is 10.0 Å². The van der Waals surface area contributed by atoms with Gasteiger partial charge in [0, 0.05) is 19.6 Å². The van der Waals surface area contributed by atoms with E-state index in [1.54, 1.807) is 14.1 Å². The first-order valence-electron chi connectivity index (χ1n) is 6.38. The van der Waals surface area contributed by atoms with E-state index in [0.29, 0.717) is 12.1 Å². The van der Waals surface area contributed by atoms with Gasteiger partial charge in [0.15, 0.2) is 0 Å². The van der Waals surface area contributed by atoms with Crippen LogP contribution in [0.2, 0.25) is 0 Å². The van der Waals surface area contributed by atoms with Crippen LogP contribution < -0.4 is 5.32 Å². The zero-order chi connectivity index (χ0) is 14.0. The summed E-state index contributed by atoms with van der Waals surface area (Å²) in [4.78, 5) is 0.0660. The Hall–Kier alpha value is -0.980. The third-order valence-electron chi connectivity index (χ3n) is 3.64. The smallest absolute Gasteiger partial charge is 0.243 e. The van der Waals surface area contributed by atoms with E-state index in [0.717, 1.165) is 25.3 Å². The highest BCUT2D eigenvalue weighted by molar-refractivity contribution is 7.89. The summed E-state index contributed by atoms with van der Waals surface area (Å²) in [7, 11) is -0.313. The molecule has 1 aromatic carbocycles. The fourth-order valence-electron chi connectivity index (χ4n) is 2.21. The second-order valence-corrected chi connectivity index (χ2v) is 6.85. The van der Waals surface area contributed by atoms with Gasteiger partial charge in [-0.1, -0.05) is 12.5 Å². The first-order valence-corrected chi connectivity index (χ1v) is 7.82. The Morgan fingerprint density at radius 2 is 2.11 bits per heavy atom. The lowest BCUT2D eigenvalue weighted by Gasteiger charge is -2.34. The normalized spacial score (nSPS) is 16.6. The highest BCUT2D eigenvalue weighted by Crippen LogP contribution is 2.30. The van der Waals surface area contributed by atoms with E-state index in [2.05, 4.69) is 5.32 Å². The van der Waals surface area contributed by atoms with E-state index >= 15 is 0 Å². The number of sulfonamides is 1. The van der Waals surface area contributed by atoms with Crippen molar-refractivity contribution in [3.8, 4) is 0 Å². The number of benzene rings is 1. The van der Waals surface area contributed by atoms with E-state index in [1.165, 1.54) is 16.4 Å². The van der Waals surface area contributed by atoms with Gasteiger partial charge in [0.1, 0.15) is 5.82 Å². The van der Waals surface area contributed by atoms with Gasteiger partial charge >= 0.3 is 0 Å². The zero-order valence-corrected chi connectivity index (χ0v) is 12.0. The average molecular weight is 286 g/mol. The largest absolute Gasteiger partial charge is 0.316 e. The molecule has 0 radical (unpaired) electrons. The van der Waals surface area contributed by atoms with Crippen LogP contribution in [0.3, 0.4) is 0 Å². The van der Waals surface area contributed by atoms with Crippen molar-refractivity contribution in [2.75, 3.05) is 14.1 Å². The number of halogens is 1. The molecule has 0 spiro atoms. The number of nitrogens with one attached hydrogen (secondary N) is 1. The lowest BCUT2D eigenvalue weighted by atomic mass is 9.94. The third kappa shape index (κ3) is 2.80. The summed E-state index contributed by atoms with van der Waals surface area (Å²) in [5.74, 6) is -0.527. The van der Waals surface area contributed by atoms with Crippen LogP contribution in [0, 0.1) is 5.82 Å². The standard InChI is InChI=1S/C13H19FN2O2S/c1-15-9-10-6-7-11(14)8-13(10)19(17,18)16(2)12-4-3-5-12/h6-8,12,15H,3-5,9H2,1-2H3.